The molecule has 7 nitrogen and oxygen atoms in total. The van der Waals surface area contributed by atoms with Crippen LogP contribution in [0.15, 0.2) is 78.0 Å². The van der Waals surface area contributed by atoms with Crippen LogP contribution < -0.4 is 10.1 Å². The number of nitrogens with zero attached hydrogens (tertiary/aromatic N) is 1. The van der Waals surface area contributed by atoms with Crippen molar-refractivity contribution in [3.8, 4) is 5.75 Å². The lowest BCUT2D eigenvalue weighted by Crippen LogP contribution is -2.70. The van der Waals surface area contributed by atoms with E-state index in [1.807, 2.05) is 30.3 Å². The Balaban J connectivity index is 1.46. The monoisotopic (exact) mass is 512 g/mol. The van der Waals surface area contributed by atoms with Crippen LogP contribution >= 0.6 is 23.4 Å². The number of carbonyl (C=O) groups is 3. The van der Waals surface area contributed by atoms with Gasteiger partial charge in [-0.1, -0.05) is 54.6 Å². The average molecular weight is 513 g/mol. The van der Waals surface area contributed by atoms with E-state index in [1.54, 1.807) is 43.5 Å². The van der Waals surface area contributed by atoms with Crippen LogP contribution in [0.4, 0.5) is 0 Å². The molecular formula is C26H25ClN2O5S. The number of halogens is 1. The highest BCUT2D eigenvalue weighted by atomic mass is 35.5. The van der Waals surface area contributed by atoms with E-state index in [-0.39, 0.29) is 41.8 Å². The number of rotatable bonds is 9. The second-order valence-electron chi connectivity index (χ2n) is 7.97. The Morgan fingerprint density at radius 2 is 1.89 bits per heavy atom. The fraction of sp³-hybridized carbons (Fsp3) is 0.269. The van der Waals surface area contributed by atoms with Crippen molar-refractivity contribution in [1.82, 2.24) is 10.2 Å². The van der Waals surface area contributed by atoms with E-state index in [0.29, 0.717) is 17.1 Å². The van der Waals surface area contributed by atoms with Gasteiger partial charge in [-0.15, -0.1) is 23.4 Å². The number of β-lactam (4-membered cyclic amide) rings is 1. The number of hydrogen-bond donors (Lipinski definition) is 1. The smallest absolute Gasteiger partial charge is 0.355 e. The minimum absolute atomic E-state index is 0.0515. The van der Waals surface area contributed by atoms with Gasteiger partial charge in [0.25, 0.3) is 5.91 Å². The standard InChI is InChI=1S/C26H25ClN2O5S/c1-33-20-11-9-18(10-12-20)15-34-26(32)23-19(8-5-13-27)16-35-25-22(24(31)29(23)25)28-21(30)14-17-6-3-2-4-7-17/h2-12,22,25H,13-16H2,1H3,(H,28,30)/b8-5+/t22-,25-/m1/s1. The molecule has 1 saturated heterocycles. The molecule has 2 aliphatic rings. The van der Waals surface area contributed by atoms with Crippen LogP contribution in [0, 0.1) is 0 Å². The predicted octanol–water partition coefficient (Wildman–Crippen LogP) is 3.43. The first-order valence-corrected chi connectivity index (χ1v) is 12.6. The summed E-state index contributed by atoms with van der Waals surface area (Å²) in [5.41, 5.74) is 2.51. The zero-order valence-electron chi connectivity index (χ0n) is 19.1. The Morgan fingerprint density at radius 3 is 2.57 bits per heavy atom. The van der Waals surface area contributed by atoms with Gasteiger partial charge in [-0.05, 0) is 28.8 Å². The molecule has 2 aromatic carbocycles. The molecule has 9 heteroatoms. The number of benzene rings is 2. The van der Waals surface area contributed by atoms with Crippen LogP contribution in [0.2, 0.25) is 0 Å². The lowest BCUT2D eigenvalue weighted by molar-refractivity contribution is -0.153. The van der Waals surface area contributed by atoms with Crippen molar-refractivity contribution in [3.05, 3.63) is 89.1 Å². The van der Waals surface area contributed by atoms with Crippen molar-refractivity contribution in [3.63, 3.8) is 0 Å². The molecule has 2 aliphatic heterocycles. The molecule has 0 aliphatic carbocycles. The molecule has 0 unspecified atom stereocenters. The van der Waals surface area contributed by atoms with E-state index < -0.39 is 12.0 Å². The Labute approximate surface area is 213 Å². The second-order valence-corrected chi connectivity index (χ2v) is 9.39. The van der Waals surface area contributed by atoms with Crippen molar-refractivity contribution >= 4 is 41.1 Å². The van der Waals surface area contributed by atoms with Gasteiger partial charge < -0.3 is 14.8 Å². The number of nitrogens with one attached hydrogen (secondary N) is 1. The van der Waals surface area contributed by atoms with Crippen LogP contribution in [-0.2, 0) is 32.1 Å². The summed E-state index contributed by atoms with van der Waals surface area (Å²) in [6.07, 6.45) is 3.64. The maximum absolute atomic E-state index is 13.1. The summed E-state index contributed by atoms with van der Waals surface area (Å²) < 4.78 is 10.7. The fourth-order valence-corrected chi connectivity index (χ4v) is 5.30. The Kier molecular flexibility index (Phi) is 8.15. The van der Waals surface area contributed by atoms with Gasteiger partial charge in [0.1, 0.15) is 29.5 Å². The van der Waals surface area contributed by atoms with E-state index >= 15 is 0 Å². The molecule has 0 saturated carbocycles. The van der Waals surface area contributed by atoms with Gasteiger partial charge in [0.15, 0.2) is 0 Å². The number of esters is 1. The molecule has 0 radical (unpaired) electrons. The Morgan fingerprint density at radius 1 is 1.14 bits per heavy atom. The lowest BCUT2D eigenvalue weighted by Gasteiger charge is -2.49. The normalized spacial score (nSPS) is 19.3. The number of hydrogen-bond acceptors (Lipinski definition) is 6. The topological polar surface area (TPSA) is 84.9 Å². The number of allylic oxidation sites excluding steroid dienone is 2. The molecule has 2 amide bonds. The summed E-state index contributed by atoms with van der Waals surface area (Å²) in [7, 11) is 1.58. The van der Waals surface area contributed by atoms with E-state index in [1.165, 1.54) is 16.7 Å². The highest BCUT2D eigenvalue weighted by Gasteiger charge is 2.54. The maximum Gasteiger partial charge on any atom is 0.355 e. The third kappa shape index (κ3) is 5.71. The van der Waals surface area contributed by atoms with E-state index in [0.717, 1.165) is 11.1 Å². The molecule has 4 rings (SSSR count). The SMILES string of the molecule is COc1ccc(COC(=O)C2=C(/C=C/CCl)CS[C@@H]3[C@H](NC(=O)Cc4ccccc4)C(=O)N23)cc1. The number of ether oxygens (including phenoxy) is 2. The fourth-order valence-electron chi connectivity index (χ4n) is 3.89. The van der Waals surface area contributed by atoms with Crippen LogP contribution in [0.3, 0.4) is 0 Å². The second kappa shape index (κ2) is 11.5. The van der Waals surface area contributed by atoms with Crippen molar-refractivity contribution in [1.29, 1.82) is 0 Å². The number of fused-ring (bicyclic) bond motifs is 1. The molecular weight excluding hydrogens is 488 g/mol. The molecule has 182 valence electrons. The maximum atomic E-state index is 13.1. The van der Waals surface area contributed by atoms with E-state index in [9.17, 15) is 14.4 Å². The first-order valence-electron chi connectivity index (χ1n) is 11.1. The Hall–Kier alpha value is -3.23. The summed E-state index contributed by atoms with van der Waals surface area (Å²) in [6, 6.07) is 15.8. The largest absolute Gasteiger partial charge is 0.497 e. The van der Waals surface area contributed by atoms with E-state index in [4.69, 9.17) is 21.1 Å². The van der Waals surface area contributed by atoms with Gasteiger partial charge in [-0.2, -0.15) is 0 Å². The minimum atomic E-state index is -0.695. The molecule has 35 heavy (non-hydrogen) atoms. The summed E-state index contributed by atoms with van der Waals surface area (Å²) in [4.78, 5) is 40.1. The molecule has 1 fully saturated rings. The van der Waals surface area contributed by atoms with Crippen LogP contribution in [-0.4, -0.2) is 52.8 Å². The molecule has 0 aromatic heterocycles. The third-order valence-electron chi connectivity index (χ3n) is 5.65. The number of alkyl halides is 1. The van der Waals surface area contributed by atoms with Gasteiger partial charge in [0, 0.05) is 11.6 Å². The van der Waals surface area contributed by atoms with Crippen LogP contribution in [0.5, 0.6) is 5.75 Å². The number of thioether (sulfide) groups is 1. The molecule has 2 atom stereocenters. The summed E-state index contributed by atoms with van der Waals surface area (Å²) in [5, 5.41) is 2.45. The van der Waals surface area contributed by atoms with Gasteiger partial charge >= 0.3 is 5.97 Å². The van der Waals surface area contributed by atoms with Crippen LogP contribution in [0.1, 0.15) is 11.1 Å². The summed E-state index contributed by atoms with van der Waals surface area (Å²) in [6.45, 7) is 0.0515. The first kappa shape index (κ1) is 24.9. The van der Waals surface area contributed by atoms with Crippen molar-refractivity contribution < 1.29 is 23.9 Å². The molecule has 2 aromatic rings. The van der Waals surface area contributed by atoms with Gasteiger partial charge in [-0.25, -0.2) is 4.79 Å². The summed E-state index contributed by atoms with van der Waals surface area (Å²) in [5.74, 6) is 0.294. The number of methoxy groups -OCH3 is 1. The average Bonchev–Trinajstić information content (AvgIpc) is 2.89. The van der Waals surface area contributed by atoms with Crippen molar-refractivity contribution in [2.24, 2.45) is 0 Å². The van der Waals surface area contributed by atoms with Crippen molar-refractivity contribution in [2.75, 3.05) is 18.7 Å². The molecule has 2 heterocycles. The highest BCUT2D eigenvalue weighted by Crippen LogP contribution is 2.41. The predicted molar refractivity (Wildman–Crippen MR) is 135 cm³/mol. The molecule has 0 bridgehead atoms. The zero-order chi connectivity index (χ0) is 24.8. The van der Waals surface area contributed by atoms with Crippen molar-refractivity contribution in [2.45, 2.75) is 24.4 Å². The van der Waals surface area contributed by atoms with Gasteiger partial charge in [0.2, 0.25) is 5.91 Å². The van der Waals surface area contributed by atoms with Crippen LogP contribution in [0.25, 0.3) is 0 Å². The number of carbonyl (C=O) groups excluding carboxylic acids is 3. The first-order chi connectivity index (χ1) is 17.0. The van der Waals surface area contributed by atoms with E-state index in [2.05, 4.69) is 5.32 Å². The molecule has 1 N–H and O–H groups in total. The summed E-state index contributed by atoms with van der Waals surface area (Å²) >= 11 is 7.29. The number of amides is 2. The van der Waals surface area contributed by atoms with Gasteiger partial charge in [-0.3, -0.25) is 14.5 Å². The van der Waals surface area contributed by atoms with Gasteiger partial charge in [0.05, 0.1) is 13.5 Å². The molecule has 0 spiro atoms. The highest BCUT2D eigenvalue weighted by molar-refractivity contribution is 8.00. The lowest BCUT2D eigenvalue weighted by atomic mass is 10.0. The Bertz CT molecular complexity index is 1150. The quantitative estimate of drug-likeness (QED) is 0.315. The zero-order valence-corrected chi connectivity index (χ0v) is 20.7. The third-order valence-corrected chi connectivity index (χ3v) is 7.13. The minimum Gasteiger partial charge on any atom is -0.497 e.